The van der Waals surface area contributed by atoms with Crippen LogP contribution in [0, 0.1) is 12.7 Å². The minimum absolute atomic E-state index is 0.183. The van der Waals surface area contributed by atoms with Gasteiger partial charge in [-0.05, 0) is 42.3 Å². The predicted octanol–water partition coefficient (Wildman–Crippen LogP) is 7.15. The van der Waals surface area contributed by atoms with Crippen molar-refractivity contribution in [3.05, 3.63) is 95.6 Å². The van der Waals surface area contributed by atoms with Crippen molar-refractivity contribution in [1.82, 2.24) is 4.90 Å². The van der Waals surface area contributed by atoms with Crippen LogP contribution in [0.2, 0.25) is 25.1 Å². The van der Waals surface area contributed by atoms with Gasteiger partial charge in [0.25, 0.3) is 17.7 Å². The fourth-order valence-electron chi connectivity index (χ4n) is 4.39. The van der Waals surface area contributed by atoms with Gasteiger partial charge in [0.05, 0.1) is 37.3 Å². The van der Waals surface area contributed by atoms with E-state index in [1.807, 2.05) is 0 Å². The second kappa shape index (κ2) is 8.64. The maximum absolute atomic E-state index is 14.2. The summed E-state index contributed by atoms with van der Waals surface area (Å²) in [6, 6.07) is 8.35. The van der Waals surface area contributed by atoms with Crippen molar-refractivity contribution in [2.45, 2.75) is 19.0 Å². The molecule has 2 aliphatic rings. The number of carbonyl (C=O) groups excluding carboxylic acids is 3. The molecule has 0 aromatic heterocycles. The van der Waals surface area contributed by atoms with Gasteiger partial charge in [-0.25, -0.2) is 4.39 Å². The van der Waals surface area contributed by atoms with Crippen molar-refractivity contribution in [3.8, 4) is 0 Å². The number of nitrogens with zero attached hydrogens (tertiary/aromatic N) is 2. The van der Waals surface area contributed by atoms with Crippen molar-refractivity contribution >= 4 is 81.4 Å². The molecule has 2 atom stereocenters. The molecule has 0 aliphatic carbocycles. The highest BCUT2D eigenvalue weighted by molar-refractivity contribution is 6.55. The highest BCUT2D eigenvalue weighted by Gasteiger charge is 2.58. The Bertz CT molecular complexity index is 1430. The minimum atomic E-state index is -1.30. The third-order valence-electron chi connectivity index (χ3n) is 6.10. The minimum Gasteiger partial charge on any atom is -0.300 e. The number of hydrogen-bond acceptors (Lipinski definition) is 3. The van der Waals surface area contributed by atoms with E-state index >= 15 is 0 Å². The van der Waals surface area contributed by atoms with E-state index in [1.54, 1.807) is 31.2 Å². The molecule has 0 saturated carbocycles. The number of aryl methyl sites for hydroxylation is 1. The summed E-state index contributed by atoms with van der Waals surface area (Å²) < 4.78 is 14.2. The van der Waals surface area contributed by atoms with Crippen LogP contribution in [0.5, 0.6) is 0 Å². The van der Waals surface area contributed by atoms with Crippen LogP contribution in [0.25, 0.3) is 0 Å². The van der Waals surface area contributed by atoms with Crippen molar-refractivity contribution < 1.29 is 18.8 Å². The van der Waals surface area contributed by atoms with Gasteiger partial charge in [-0.2, -0.15) is 0 Å². The van der Waals surface area contributed by atoms with Gasteiger partial charge < -0.3 is 4.90 Å². The maximum Gasteiger partial charge on any atom is 0.264 e. The van der Waals surface area contributed by atoms with Crippen LogP contribution in [0.4, 0.5) is 10.1 Å². The Morgan fingerprint density at radius 2 is 1.34 bits per heavy atom. The highest BCUT2D eigenvalue weighted by Crippen LogP contribution is 2.49. The molecule has 3 aromatic carbocycles. The number of amides is 3. The summed E-state index contributed by atoms with van der Waals surface area (Å²) in [4.78, 5) is 42.4. The van der Waals surface area contributed by atoms with E-state index in [4.69, 9.17) is 58.0 Å². The van der Waals surface area contributed by atoms with E-state index in [0.717, 1.165) is 10.5 Å². The monoisotopic (exact) mass is 570 g/mol. The smallest absolute Gasteiger partial charge is 0.264 e. The van der Waals surface area contributed by atoms with Crippen LogP contribution in [0.1, 0.15) is 37.9 Å². The molecule has 0 spiro atoms. The lowest BCUT2D eigenvalue weighted by molar-refractivity contribution is -0.130. The van der Waals surface area contributed by atoms with Crippen LogP contribution < -0.4 is 4.90 Å². The fraction of sp³-hybridized carbons (Fsp3) is 0.125. The molecule has 5 nitrogen and oxygen atoms in total. The summed E-state index contributed by atoms with van der Waals surface area (Å²) >= 11 is 30.9. The van der Waals surface area contributed by atoms with Gasteiger partial charge in [0.1, 0.15) is 11.9 Å². The first-order chi connectivity index (χ1) is 16.5. The number of anilines is 1. The number of β-lactam (4-membered cyclic amide) rings is 1. The number of hydrogen-bond donors (Lipinski definition) is 0. The zero-order valence-corrected chi connectivity index (χ0v) is 21.4. The van der Waals surface area contributed by atoms with Gasteiger partial charge in [0.15, 0.2) is 0 Å². The van der Waals surface area contributed by atoms with Gasteiger partial charge in [-0.1, -0.05) is 76.2 Å². The molecule has 178 valence electrons. The summed E-state index contributed by atoms with van der Waals surface area (Å²) in [6.45, 7) is 1.80. The molecule has 3 aromatic rings. The predicted molar refractivity (Wildman–Crippen MR) is 134 cm³/mol. The molecule has 11 heteroatoms. The Hall–Kier alpha value is -2.35. The number of rotatable bonds is 3. The average Bonchev–Trinajstić information content (AvgIpc) is 3.07. The second-order valence-electron chi connectivity index (χ2n) is 8.07. The van der Waals surface area contributed by atoms with Gasteiger partial charge in [0, 0.05) is 10.7 Å². The Balaban J connectivity index is 1.65. The molecule has 35 heavy (non-hydrogen) atoms. The Morgan fingerprint density at radius 1 is 0.743 bits per heavy atom. The summed E-state index contributed by atoms with van der Waals surface area (Å²) in [7, 11) is 0. The zero-order chi connectivity index (χ0) is 25.3. The Morgan fingerprint density at radius 3 is 1.89 bits per heavy atom. The fourth-order valence-corrected chi connectivity index (χ4v) is 5.57. The van der Waals surface area contributed by atoms with Gasteiger partial charge in [-0.3, -0.25) is 19.3 Å². The summed E-state index contributed by atoms with van der Waals surface area (Å²) in [5.74, 6) is -2.82. The molecule has 0 radical (unpaired) electrons. The van der Waals surface area contributed by atoms with Gasteiger partial charge in [-0.15, -0.1) is 0 Å². The molecule has 0 bridgehead atoms. The largest absolute Gasteiger partial charge is 0.300 e. The number of fused-ring (bicyclic) bond motifs is 1. The summed E-state index contributed by atoms with van der Waals surface area (Å²) in [5.41, 5.74) is 1.11. The van der Waals surface area contributed by atoms with Crippen LogP contribution in [-0.4, -0.2) is 28.7 Å². The molecular formula is C24H12Cl5FN2O3. The van der Waals surface area contributed by atoms with E-state index in [1.165, 1.54) is 23.1 Å². The Labute approximate surface area is 223 Å². The molecule has 0 N–H and O–H groups in total. The first kappa shape index (κ1) is 24.3. The molecule has 2 aliphatic heterocycles. The summed E-state index contributed by atoms with van der Waals surface area (Å²) in [5, 5.41) is -0.433. The molecule has 5 rings (SSSR count). The molecule has 2 heterocycles. The second-order valence-corrected chi connectivity index (χ2v) is 9.99. The highest BCUT2D eigenvalue weighted by atomic mass is 35.5. The van der Waals surface area contributed by atoms with Crippen molar-refractivity contribution in [2.24, 2.45) is 0 Å². The van der Waals surface area contributed by atoms with Gasteiger partial charge in [0.2, 0.25) is 0 Å². The summed E-state index contributed by atoms with van der Waals surface area (Å²) in [6.07, 6.45) is 0. The van der Waals surface area contributed by atoms with E-state index in [9.17, 15) is 18.8 Å². The SMILES string of the molecule is Cc1ccc(N2C(=O)[C@@H](N3C(=O)c4c(Cl)c(Cl)c(Cl)c(Cl)c4C3=O)[C@H]2c2cccc(F)c2)cc1Cl. The topological polar surface area (TPSA) is 57.7 Å². The Kier molecular flexibility index (Phi) is 6.01. The average molecular weight is 573 g/mol. The van der Waals surface area contributed by atoms with Crippen molar-refractivity contribution in [2.75, 3.05) is 4.90 Å². The first-order valence-electron chi connectivity index (χ1n) is 10.1. The number of imide groups is 1. The molecular weight excluding hydrogens is 561 g/mol. The quantitative estimate of drug-likeness (QED) is 0.145. The molecule has 1 saturated heterocycles. The van der Waals surface area contributed by atoms with Crippen LogP contribution >= 0.6 is 58.0 Å². The first-order valence-corrected chi connectivity index (χ1v) is 12.0. The van der Waals surface area contributed by atoms with Crippen LogP contribution in [0.3, 0.4) is 0 Å². The van der Waals surface area contributed by atoms with E-state index in [-0.39, 0.29) is 31.2 Å². The molecule has 3 amide bonds. The third-order valence-corrected chi connectivity index (χ3v) is 8.31. The molecule has 0 unspecified atom stereocenters. The maximum atomic E-state index is 14.2. The van der Waals surface area contributed by atoms with Crippen molar-refractivity contribution in [3.63, 3.8) is 0 Å². The normalized spacial score (nSPS) is 19.3. The lowest BCUT2D eigenvalue weighted by Crippen LogP contribution is -2.67. The number of benzene rings is 3. The standard InChI is InChI=1S/C24H12Cl5FN2O3/c1-9-5-6-12(8-13(9)25)31-20(10-3-2-4-11(30)7-10)21(24(31)35)32-22(33)14-15(23(32)34)17(27)19(29)18(28)16(14)26/h2-8,20-21H,1H3/t20-,21+/m1/s1. The van der Waals surface area contributed by atoms with Gasteiger partial charge >= 0.3 is 0 Å². The lowest BCUT2D eigenvalue weighted by Gasteiger charge is -2.49. The van der Waals surface area contributed by atoms with E-state index in [0.29, 0.717) is 16.3 Å². The zero-order valence-electron chi connectivity index (χ0n) is 17.6. The van der Waals surface area contributed by atoms with E-state index < -0.39 is 35.6 Å². The van der Waals surface area contributed by atoms with Crippen LogP contribution in [-0.2, 0) is 4.79 Å². The lowest BCUT2D eigenvalue weighted by atomic mass is 9.86. The number of carbonyl (C=O) groups is 3. The van der Waals surface area contributed by atoms with Crippen LogP contribution in [0.15, 0.2) is 42.5 Å². The van der Waals surface area contributed by atoms with Crippen molar-refractivity contribution in [1.29, 1.82) is 0 Å². The van der Waals surface area contributed by atoms with E-state index in [2.05, 4.69) is 0 Å². The molecule has 1 fully saturated rings. The third kappa shape index (κ3) is 3.54. The number of halogens is 6.